The summed E-state index contributed by atoms with van der Waals surface area (Å²) in [6, 6.07) is 11.7. The zero-order chi connectivity index (χ0) is 15.2. The van der Waals surface area contributed by atoms with Crippen LogP contribution in [0, 0.1) is 5.82 Å². The lowest BCUT2D eigenvalue weighted by atomic mass is 10.1. The highest BCUT2D eigenvalue weighted by atomic mass is 19.1. The van der Waals surface area contributed by atoms with Crippen LogP contribution < -0.4 is 11.1 Å². The SMILES string of the molecule is CCCCc1ccc(NC(=O)c2ccc(F)c(N)c2)cc1. The molecule has 0 radical (unpaired) electrons. The molecule has 2 aromatic rings. The van der Waals surface area contributed by atoms with E-state index in [2.05, 4.69) is 12.2 Å². The third-order valence-electron chi connectivity index (χ3n) is 3.29. The Bertz CT molecular complexity index is 623. The molecular weight excluding hydrogens is 267 g/mol. The van der Waals surface area contributed by atoms with E-state index in [1.165, 1.54) is 23.8 Å². The van der Waals surface area contributed by atoms with Crippen molar-refractivity contribution in [1.29, 1.82) is 0 Å². The Morgan fingerprint density at radius 3 is 2.52 bits per heavy atom. The van der Waals surface area contributed by atoms with Gasteiger partial charge >= 0.3 is 0 Å². The molecule has 0 bridgehead atoms. The molecule has 0 fully saturated rings. The second kappa shape index (κ2) is 6.88. The molecule has 2 aromatic carbocycles. The first-order valence-electron chi connectivity index (χ1n) is 7.05. The summed E-state index contributed by atoms with van der Waals surface area (Å²) >= 11 is 0. The van der Waals surface area contributed by atoms with Gasteiger partial charge in [-0.25, -0.2) is 4.39 Å². The predicted octanol–water partition coefficient (Wildman–Crippen LogP) is 4.00. The second-order valence-corrected chi connectivity index (χ2v) is 4.99. The van der Waals surface area contributed by atoms with Gasteiger partial charge in [-0.1, -0.05) is 25.5 Å². The van der Waals surface area contributed by atoms with Gasteiger partial charge in [0.2, 0.25) is 0 Å². The van der Waals surface area contributed by atoms with E-state index in [0.717, 1.165) is 19.3 Å². The zero-order valence-corrected chi connectivity index (χ0v) is 12.0. The molecule has 0 aromatic heterocycles. The van der Waals surface area contributed by atoms with Gasteiger partial charge in [-0.15, -0.1) is 0 Å². The lowest BCUT2D eigenvalue weighted by Crippen LogP contribution is -2.12. The van der Waals surface area contributed by atoms with E-state index in [9.17, 15) is 9.18 Å². The number of halogens is 1. The van der Waals surface area contributed by atoms with Crippen molar-refractivity contribution in [3.63, 3.8) is 0 Å². The maximum absolute atomic E-state index is 13.1. The topological polar surface area (TPSA) is 55.1 Å². The first kappa shape index (κ1) is 15.0. The van der Waals surface area contributed by atoms with Gasteiger partial charge in [0.25, 0.3) is 5.91 Å². The number of benzene rings is 2. The van der Waals surface area contributed by atoms with E-state index in [4.69, 9.17) is 5.73 Å². The molecule has 3 N–H and O–H groups in total. The molecule has 0 heterocycles. The minimum absolute atomic E-state index is 0.0300. The highest BCUT2D eigenvalue weighted by molar-refractivity contribution is 6.04. The fourth-order valence-electron chi connectivity index (χ4n) is 2.02. The third kappa shape index (κ3) is 4.05. The van der Waals surface area contributed by atoms with Crippen molar-refractivity contribution in [2.75, 3.05) is 11.1 Å². The van der Waals surface area contributed by atoms with E-state index in [1.54, 1.807) is 0 Å². The van der Waals surface area contributed by atoms with Crippen molar-refractivity contribution in [3.8, 4) is 0 Å². The highest BCUT2D eigenvalue weighted by Gasteiger charge is 2.08. The van der Waals surface area contributed by atoms with Crippen LogP contribution in [0.4, 0.5) is 15.8 Å². The number of nitrogens with one attached hydrogen (secondary N) is 1. The Kier molecular flexibility index (Phi) is 4.93. The summed E-state index contributed by atoms with van der Waals surface area (Å²) in [5.74, 6) is -0.824. The summed E-state index contributed by atoms with van der Waals surface area (Å²) in [5, 5.41) is 2.77. The van der Waals surface area contributed by atoms with Crippen LogP contribution in [0.2, 0.25) is 0 Å². The molecule has 0 atom stereocenters. The summed E-state index contributed by atoms with van der Waals surface area (Å²) in [6.45, 7) is 2.16. The lowest BCUT2D eigenvalue weighted by molar-refractivity contribution is 0.102. The Morgan fingerprint density at radius 1 is 1.19 bits per heavy atom. The Hall–Kier alpha value is -2.36. The lowest BCUT2D eigenvalue weighted by Gasteiger charge is -2.07. The number of aryl methyl sites for hydroxylation is 1. The molecule has 0 aliphatic rings. The smallest absolute Gasteiger partial charge is 0.255 e. The van der Waals surface area contributed by atoms with Crippen LogP contribution >= 0.6 is 0 Å². The van der Waals surface area contributed by atoms with Gasteiger partial charge in [-0.3, -0.25) is 4.79 Å². The molecule has 2 rings (SSSR count). The quantitative estimate of drug-likeness (QED) is 0.816. The van der Waals surface area contributed by atoms with E-state index in [1.807, 2.05) is 24.3 Å². The molecule has 0 saturated carbocycles. The van der Waals surface area contributed by atoms with Gasteiger partial charge < -0.3 is 11.1 Å². The molecule has 110 valence electrons. The summed E-state index contributed by atoms with van der Waals surface area (Å²) < 4.78 is 13.1. The van der Waals surface area contributed by atoms with Crippen molar-refractivity contribution < 1.29 is 9.18 Å². The number of unbranched alkanes of at least 4 members (excludes halogenated alkanes) is 1. The molecule has 0 spiro atoms. The highest BCUT2D eigenvalue weighted by Crippen LogP contribution is 2.16. The minimum atomic E-state index is -0.521. The van der Waals surface area contributed by atoms with Crippen LogP contribution in [0.3, 0.4) is 0 Å². The van der Waals surface area contributed by atoms with E-state index in [0.29, 0.717) is 11.3 Å². The fraction of sp³-hybridized carbons (Fsp3) is 0.235. The molecule has 3 nitrogen and oxygen atoms in total. The van der Waals surface area contributed by atoms with Crippen LogP contribution in [-0.2, 0) is 6.42 Å². The van der Waals surface area contributed by atoms with Crippen LogP contribution in [0.25, 0.3) is 0 Å². The van der Waals surface area contributed by atoms with Gasteiger partial charge in [0, 0.05) is 11.3 Å². The van der Waals surface area contributed by atoms with Gasteiger partial charge in [0.15, 0.2) is 0 Å². The monoisotopic (exact) mass is 286 g/mol. The Balaban J connectivity index is 2.03. The van der Waals surface area contributed by atoms with Gasteiger partial charge in [-0.2, -0.15) is 0 Å². The fourth-order valence-corrected chi connectivity index (χ4v) is 2.02. The van der Waals surface area contributed by atoms with Gasteiger partial charge in [0.05, 0.1) is 5.69 Å². The van der Waals surface area contributed by atoms with Gasteiger partial charge in [0.1, 0.15) is 5.82 Å². The average Bonchev–Trinajstić information content (AvgIpc) is 2.49. The number of anilines is 2. The van der Waals surface area contributed by atoms with Crippen molar-refractivity contribution in [1.82, 2.24) is 0 Å². The zero-order valence-electron chi connectivity index (χ0n) is 12.0. The largest absolute Gasteiger partial charge is 0.396 e. The van der Waals surface area contributed by atoms with Crippen molar-refractivity contribution in [2.24, 2.45) is 0 Å². The summed E-state index contributed by atoms with van der Waals surface area (Å²) in [4.78, 5) is 12.0. The Labute approximate surface area is 124 Å². The molecule has 1 amide bonds. The third-order valence-corrected chi connectivity index (χ3v) is 3.29. The number of amides is 1. The van der Waals surface area contributed by atoms with Crippen LogP contribution in [-0.4, -0.2) is 5.91 Å². The molecule has 21 heavy (non-hydrogen) atoms. The van der Waals surface area contributed by atoms with Crippen LogP contribution in [0.15, 0.2) is 42.5 Å². The first-order valence-corrected chi connectivity index (χ1v) is 7.05. The first-order chi connectivity index (χ1) is 10.1. The summed E-state index contributed by atoms with van der Waals surface area (Å²) in [6.07, 6.45) is 3.35. The van der Waals surface area contributed by atoms with E-state index < -0.39 is 5.82 Å². The number of rotatable bonds is 5. The van der Waals surface area contributed by atoms with Crippen molar-refractivity contribution in [3.05, 3.63) is 59.4 Å². The summed E-state index contributed by atoms with van der Waals surface area (Å²) in [7, 11) is 0. The maximum atomic E-state index is 13.1. The molecule has 0 saturated heterocycles. The van der Waals surface area contributed by atoms with Crippen LogP contribution in [0.5, 0.6) is 0 Å². The van der Waals surface area contributed by atoms with Gasteiger partial charge in [-0.05, 0) is 48.7 Å². The van der Waals surface area contributed by atoms with Crippen molar-refractivity contribution in [2.45, 2.75) is 26.2 Å². The molecule has 0 aliphatic carbocycles. The molecule has 0 unspecified atom stereocenters. The minimum Gasteiger partial charge on any atom is -0.396 e. The standard InChI is InChI=1S/C17H19FN2O/c1-2-3-4-12-5-8-14(9-6-12)20-17(21)13-7-10-15(18)16(19)11-13/h5-11H,2-4,19H2,1H3,(H,20,21). The Morgan fingerprint density at radius 2 is 1.90 bits per heavy atom. The molecule has 0 aliphatic heterocycles. The van der Waals surface area contributed by atoms with Crippen molar-refractivity contribution >= 4 is 17.3 Å². The summed E-state index contributed by atoms with van der Waals surface area (Å²) in [5.41, 5.74) is 7.73. The number of hydrogen-bond acceptors (Lipinski definition) is 2. The average molecular weight is 286 g/mol. The number of nitrogen functional groups attached to an aromatic ring is 1. The molecular formula is C17H19FN2O. The van der Waals surface area contributed by atoms with Crippen LogP contribution in [0.1, 0.15) is 35.7 Å². The molecule has 4 heteroatoms. The predicted molar refractivity (Wildman–Crippen MR) is 83.8 cm³/mol. The number of carbonyl (C=O) groups excluding carboxylic acids is 1. The maximum Gasteiger partial charge on any atom is 0.255 e. The second-order valence-electron chi connectivity index (χ2n) is 4.99. The normalized spacial score (nSPS) is 10.4. The van der Waals surface area contributed by atoms with E-state index >= 15 is 0 Å². The number of carbonyl (C=O) groups is 1. The van der Waals surface area contributed by atoms with E-state index in [-0.39, 0.29) is 11.6 Å². The number of nitrogens with two attached hydrogens (primary N) is 1. The number of hydrogen-bond donors (Lipinski definition) is 2.